The monoisotopic (exact) mass is 834 g/mol. The van der Waals surface area contributed by atoms with Crippen LogP contribution in [0.2, 0.25) is 10.0 Å². The van der Waals surface area contributed by atoms with Crippen LogP contribution in [0.1, 0.15) is 48.6 Å². The summed E-state index contributed by atoms with van der Waals surface area (Å²) in [5.41, 5.74) is 2.59. The van der Waals surface area contributed by atoms with E-state index in [0.29, 0.717) is 53.0 Å². The molecule has 13 nitrogen and oxygen atoms in total. The number of alkyl halides is 2. The molecule has 17 heteroatoms. The molecule has 2 N–H and O–H groups in total. The number of fused-ring (bicyclic) bond motifs is 2. The number of methoxy groups -OCH3 is 2. The van der Waals surface area contributed by atoms with E-state index >= 15 is 0 Å². The minimum absolute atomic E-state index is 0.0000534. The molecule has 1 aliphatic carbocycles. The Balaban J connectivity index is 1.09. The summed E-state index contributed by atoms with van der Waals surface area (Å²) in [4.78, 5) is 52.2. The molecule has 2 amide bonds. The number of carbonyl (C=O) groups excluding carboxylic acids is 1. The molecule has 2 aliphatic heterocycles. The summed E-state index contributed by atoms with van der Waals surface area (Å²) in [5, 5.41) is 6.83. The Morgan fingerprint density at radius 1 is 0.966 bits per heavy atom. The van der Waals surface area contributed by atoms with Crippen LogP contribution < -0.4 is 26.6 Å². The molecular weight excluding hydrogens is 793 g/mol. The van der Waals surface area contributed by atoms with Gasteiger partial charge in [0.1, 0.15) is 16.9 Å². The summed E-state index contributed by atoms with van der Waals surface area (Å²) in [5.74, 6) is 0.349. The number of hydrogen-bond donors (Lipinski definition) is 2. The average Bonchev–Trinajstić information content (AvgIpc) is 3.83. The minimum Gasteiger partial charge on any atom is -0.481 e. The lowest BCUT2D eigenvalue weighted by Gasteiger charge is -2.40. The van der Waals surface area contributed by atoms with Crippen LogP contribution >= 0.6 is 23.2 Å². The van der Waals surface area contributed by atoms with Crippen molar-refractivity contribution < 1.29 is 23.0 Å². The number of anilines is 2. The van der Waals surface area contributed by atoms with Crippen molar-refractivity contribution in [3.63, 3.8) is 0 Å². The van der Waals surface area contributed by atoms with Crippen molar-refractivity contribution in [1.29, 1.82) is 0 Å². The van der Waals surface area contributed by atoms with E-state index in [1.165, 1.54) is 14.1 Å². The molecular formula is C41H42Cl2F2N8O5. The fourth-order valence-electron chi connectivity index (χ4n) is 8.66. The Morgan fingerprint density at radius 2 is 1.69 bits per heavy atom. The SMILES string of the molecule is COCCN1CC[C@]2(CCN([C@@H]3CCc4cc(-c5cccc(-c6cccc(Nc7nc(C(F)F)cc8c7c(=O)n(C)c(=O)n8C)c6Cl)c5Cl)nc(OC)c43)C2)NC1=O. The topological polar surface area (TPSA) is 136 Å². The number of halogens is 4. The lowest BCUT2D eigenvalue weighted by molar-refractivity contribution is 0.114. The number of nitrogens with one attached hydrogen (secondary N) is 2. The maximum absolute atomic E-state index is 14.0. The second-order valence-electron chi connectivity index (χ2n) is 15.1. The van der Waals surface area contributed by atoms with Crippen molar-refractivity contribution in [1.82, 2.24) is 34.2 Å². The number of hydrogen-bond acceptors (Lipinski definition) is 9. The van der Waals surface area contributed by atoms with Gasteiger partial charge in [0.2, 0.25) is 5.88 Å². The quantitative estimate of drug-likeness (QED) is 0.155. The van der Waals surface area contributed by atoms with Crippen molar-refractivity contribution in [3.8, 4) is 28.3 Å². The molecule has 304 valence electrons. The Morgan fingerprint density at radius 3 is 2.41 bits per heavy atom. The number of urea groups is 1. The smallest absolute Gasteiger partial charge is 0.330 e. The van der Waals surface area contributed by atoms with Gasteiger partial charge in [0.05, 0.1) is 46.2 Å². The van der Waals surface area contributed by atoms with E-state index in [2.05, 4.69) is 26.6 Å². The lowest BCUT2D eigenvalue weighted by atomic mass is 9.92. The fraction of sp³-hybridized carbons (Fsp3) is 0.390. The third kappa shape index (κ3) is 6.87. The summed E-state index contributed by atoms with van der Waals surface area (Å²) in [6, 6.07) is 13.8. The molecule has 1 spiro atoms. The first-order chi connectivity index (χ1) is 27.8. The Bertz CT molecular complexity index is 2590. The van der Waals surface area contributed by atoms with Crippen LogP contribution in [0.4, 0.5) is 25.1 Å². The van der Waals surface area contributed by atoms with E-state index in [1.807, 2.05) is 23.1 Å². The van der Waals surface area contributed by atoms with Gasteiger partial charge in [-0.3, -0.25) is 18.8 Å². The van der Waals surface area contributed by atoms with Crippen LogP contribution in [0.15, 0.2) is 58.1 Å². The number of ether oxygens (including phenoxy) is 2. The highest BCUT2D eigenvalue weighted by atomic mass is 35.5. The number of aryl methyl sites for hydroxylation is 2. The summed E-state index contributed by atoms with van der Waals surface area (Å²) >= 11 is 14.2. The van der Waals surface area contributed by atoms with Crippen LogP contribution in [0.25, 0.3) is 33.3 Å². The van der Waals surface area contributed by atoms with Crippen LogP contribution in [-0.4, -0.2) is 87.5 Å². The second kappa shape index (κ2) is 15.6. The molecule has 0 unspecified atom stereocenters. The molecule has 2 fully saturated rings. The van der Waals surface area contributed by atoms with Gasteiger partial charge in [-0.25, -0.2) is 28.3 Å². The van der Waals surface area contributed by atoms with Gasteiger partial charge in [-0.05, 0) is 49.4 Å². The zero-order valence-electron chi connectivity index (χ0n) is 32.4. The molecule has 3 aromatic heterocycles. The van der Waals surface area contributed by atoms with Crippen molar-refractivity contribution in [2.24, 2.45) is 14.1 Å². The second-order valence-corrected chi connectivity index (χ2v) is 15.8. The highest BCUT2D eigenvalue weighted by molar-refractivity contribution is 6.39. The third-order valence-electron chi connectivity index (χ3n) is 11.7. The first kappa shape index (κ1) is 39.7. The molecule has 2 atom stereocenters. The summed E-state index contributed by atoms with van der Waals surface area (Å²) in [7, 11) is 5.95. The zero-order chi connectivity index (χ0) is 41.0. The van der Waals surface area contributed by atoms with Crippen LogP contribution in [0, 0.1) is 0 Å². The standard InChI is InChI=1S/C41H42Cl2F2N8O5/c1-50-30-20-28(35(44)45)47-36(32(30)38(54)51(2)40(50)56)46-26-10-6-8-24(34(26)43)23-7-5-9-25(33(23)42)27-19-22-11-12-29(31(22)37(48-27)58-4)53-16-14-41(21-53)13-15-52(17-18-57-3)39(55)49-41/h5-10,19-20,29,35H,11-18,21H2,1-4H3,(H,46,47)(H,49,55)/t29-,41-/m1/s1. The fourth-order valence-corrected chi connectivity index (χ4v) is 9.26. The summed E-state index contributed by atoms with van der Waals surface area (Å²) in [6.07, 6.45) is 0.466. The Labute approximate surface area is 342 Å². The van der Waals surface area contributed by atoms with Gasteiger partial charge in [-0.2, -0.15) is 0 Å². The number of carbonyl (C=O) groups is 1. The first-order valence-electron chi connectivity index (χ1n) is 19.0. The summed E-state index contributed by atoms with van der Waals surface area (Å²) < 4.78 is 41.2. The van der Waals surface area contributed by atoms with Gasteiger partial charge in [0, 0.05) is 75.7 Å². The van der Waals surface area contributed by atoms with E-state index in [4.69, 9.17) is 37.7 Å². The number of benzene rings is 2. The third-order valence-corrected chi connectivity index (χ3v) is 12.6. The minimum atomic E-state index is -2.97. The van der Waals surface area contributed by atoms with Crippen molar-refractivity contribution in [3.05, 3.63) is 96.2 Å². The van der Waals surface area contributed by atoms with Gasteiger partial charge >= 0.3 is 11.7 Å². The van der Waals surface area contributed by atoms with Gasteiger partial charge in [-0.1, -0.05) is 53.5 Å². The molecule has 58 heavy (non-hydrogen) atoms. The largest absolute Gasteiger partial charge is 0.481 e. The van der Waals surface area contributed by atoms with Gasteiger partial charge in [-0.15, -0.1) is 0 Å². The van der Waals surface area contributed by atoms with Crippen molar-refractivity contribution >= 4 is 51.6 Å². The Kier molecular flexibility index (Phi) is 10.7. The number of rotatable bonds is 10. The average molecular weight is 836 g/mol. The zero-order valence-corrected chi connectivity index (χ0v) is 33.9. The molecule has 8 rings (SSSR count). The van der Waals surface area contributed by atoms with Crippen molar-refractivity contribution in [2.75, 3.05) is 52.3 Å². The maximum atomic E-state index is 14.0. The van der Waals surface area contributed by atoms with E-state index in [9.17, 15) is 23.2 Å². The number of likely N-dealkylation sites (tertiary alicyclic amines) is 1. The van der Waals surface area contributed by atoms with Crippen LogP contribution in [-0.2, 0) is 25.3 Å². The predicted molar refractivity (Wildman–Crippen MR) is 219 cm³/mol. The molecule has 2 aromatic carbocycles. The normalized spacial score (nSPS) is 19.4. The highest BCUT2D eigenvalue weighted by Crippen LogP contribution is 2.47. The predicted octanol–water partition coefficient (Wildman–Crippen LogP) is 6.85. The number of aromatic nitrogens is 4. The summed E-state index contributed by atoms with van der Waals surface area (Å²) in [6.45, 7) is 3.35. The molecule has 3 aliphatic rings. The van der Waals surface area contributed by atoms with Crippen LogP contribution in [0.3, 0.4) is 0 Å². The van der Waals surface area contributed by atoms with E-state index in [-0.39, 0.29) is 45.0 Å². The van der Waals surface area contributed by atoms with Gasteiger partial charge in [0.25, 0.3) is 12.0 Å². The Hall–Kier alpha value is -5.09. The van der Waals surface area contributed by atoms with Crippen LogP contribution in [0.5, 0.6) is 5.88 Å². The van der Waals surface area contributed by atoms with E-state index in [0.717, 1.165) is 65.1 Å². The molecule has 5 aromatic rings. The molecule has 5 heterocycles. The number of pyridine rings is 2. The van der Waals surface area contributed by atoms with E-state index in [1.54, 1.807) is 32.4 Å². The van der Waals surface area contributed by atoms with Gasteiger partial charge in [0.15, 0.2) is 0 Å². The van der Waals surface area contributed by atoms with Gasteiger partial charge < -0.3 is 25.0 Å². The lowest BCUT2D eigenvalue weighted by Crippen LogP contribution is -2.61. The highest BCUT2D eigenvalue weighted by Gasteiger charge is 2.46. The molecule has 0 bridgehead atoms. The number of amides is 2. The molecule has 0 saturated carbocycles. The molecule has 0 radical (unpaired) electrons. The first-order valence-corrected chi connectivity index (χ1v) is 19.7. The van der Waals surface area contributed by atoms with E-state index < -0.39 is 23.4 Å². The maximum Gasteiger partial charge on any atom is 0.330 e. The number of nitrogens with zero attached hydrogens (tertiary/aromatic N) is 6. The molecule has 2 saturated heterocycles. The van der Waals surface area contributed by atoms with Crippen molar-refractivity contribution in [2.45, 2.75) is 43.7 Å².